The van der Waals surface area contributed by atoms with Crippen LogP contribution < -0.4 is 20.1 Å². The van der Waals surface area contributed by atoms with Crippen molar-refractivity contribution >= 4 is 11.8 Å². The average Bonchev–Trinajstić information content (AvgIpc) is 2.70. The van der Waals surface area contributed by atoms with Crippen LogP contribution in [0.3, 0.4) is 0 Å². The van der Waals surface area contributed by atoms with Crippen LogP contribution >= 0.6 is 0 Å². The number of ether oxygens (including phenoxy) is 2. The summed E-state index contributed by atoms with van der Waals surface area (Å²) in [6.07, 6.45) is 0. The van der Waals surface area contributed by atoms with Crippen molar-refractivity contribution in [3.05, 3.63) is 59.7 Å². The maximum Gasteiger partial charge on any atom is 0.387 e. The molecule has 0 saturated carbocycles. The van der Waals surface area contributed by atoms with Gasteiger partial charge in [0.2, 0.25) is 5.91 Å². The number of halogens is 2. The van der Waals surface area contributed by atoms with Gasteiger partial charge in [-0.2, -0.15) is 8.78 Å². The number of alkyl halides is 2. The third-order valence-corrected chi connectivity index (χ3v) is 4.22. The molecule has 0 aromatic heterocycles. The summed E-state index contributed by atoms with van der Waals surface area (Å²) in [5.74, 6) is -0.525. The Morgan fingerprint density at radius 3 is 2.28 bits per heavy atom. The van der Waals surface area contributed by atoms with Crippen LogP contribution in [0.1, 0.15) is 35.8 Å². The van der Waals surface area contributed by atoms with E-state index < -0.39 is 18.4 Å². The van der Waals surface area contributed by atoms with Gasteiger partial charge in [-0.3, -0.25) is 9.59 Å². The maximum absolute atomic E-state index is 12.5. The van der Waals surface area contributed by atoms with Gasteiger partial charge >= 0.3 is 6.61 Å². The van der Waals surface area contributed by atoms with E-state index >= 15 is 0 Å². The van der Waals surface area contributed by atoms with Gasteiger partial charge in [0.1, 0.15) is 11.5 Å². The molecule has 8 heteroatoms. The number of nitrogens with one attached hydrogen (secondary N) is 2. The van der Waals surface area contributed by atoms with Gasteiger partial charge < -0.3 is 20.1 Å². The van der Waals surface area contributed by atoms with Crippen LogP contribution in [0.2, 0.25) is 0 Å². The molecule has 2 amide bonds. The fourth-order valence-corrected chi connectivity index (χ4v) is 2.78. The SMILES string of the molecule is COc1ccc(C(NC(=O)CNC(=O)c2ccccc2OC(F)F)C(C)C)cc1. The third kappa shape index (κ3) is 6.44. The lowest BCUT2D eigenvalue weighted by atomic mass is 9.96. The second-order valence-corrected chi connectivity index (χ2v) is 6.62. The molecule has 156 valence electrons. The van der Waals surface area contributed by atoms with Crippen molar-refractivity contribution in [2.45, 2.75) is 26.5 Å². The first-order valence-electron chi connectivity index (χ1n) is 9.07. The highest BCUT2D eigenvalue weighted by molar-refractivity contribution is 5.98. The summed E-state index contributed by atoms with van der Waals surface area (Å²) >= 11 is 0. The first-order valence-corrected chi connectivity index (χ1v) is 9.07. The lowest BCUT2D eigenvalue weighted by molar-refractivity contribution is -0.121. The monoisotopic (exact) mass is 406 g/mol. The van der Waals surface area contributed by atoms with E-state index in [2.05, 4.69) is 15.4 Å². The minimum absolute atomic E-state index is 0.0730. The van der Waals surface area contributed by atoms with Gasteiger partial charge in [-0.25, -0.2) is 0 Å². The highest BCUT2D eigenvalue weighted by Gasteiger charge is 2.20. The fraction of sp³-hybridized carbons (Fsp3) is 0.333. The van der Waals surface area contributed by atoms with Crippen LogP contribution in [0, 0.1) is 5.92 Å². The predicted molar refractivity (Wildman–Crippen MR) is 104 cm³/mol. The Balaban J connectivity index is 1.99. The number of rotatable bonds is 9. The molecule has 0 aliphatic heterocycles. The molecule has 2 rings (SSSR count). The van der Waals surface area contributed by atoms with Crippen molar-refractivity contribution in [3.63, 3.8) is 0 Å². The Bertz CT molecular complexity index is 826. The molecule has 0 bridgehead atoms. The topological polar surface area (TPSA) is 76.7 Å². The molecule has 6 nitrogen and oxygen atoms in total. The minimum Gasteiger partial charge on any atom is -0.497 e. The summed E-state index contributed by atoms with van der Waals surface area (Å²) in [7, 11) is 1.57. The first kappa shape index (κ1) is 22.1. The second-order valence-electron chi connectivity index (χ2n) is 6.62. The van der Waals surface area contributed by atoms with Crippen molar-refractivity contribution in [3.8, 4) is 11.5 Å². The molecule has 0 fully saturated rings. The molecule has 2 aromatic rings. The number of hydrogen-bond acceptors (Lipinski definition) is 4. The largest absolute Gasteiger partial charge is 0.497 e. The molecule has 1 atom stereocenters. The van der Waals surface area contributed by atoms with E-state index in [1.54, 1.807) is 19.2 Å². The molecule has 2 aromatic carbocycles. The van der Waals surface area contributed by atoms with E-state index in [0.717, 1.165) is 5.56 Å². The van der Waals surface area contributed by atoms with E-state index in [0.29, 0.717) is 5.75 Å². The van der Waals surface area contributed by atoms with Crippen molar-refractivity contribution in [1.29, 1.82) is 0 Å². The van der Waals surface area contributed by atoms with Crippen molar-refractivity contribution in [2.75, 3.05) is 13.7 Å². The molecule has 2 N–H and O–H groups in total. The van der Waals surface area contributed by atoms with Crippen LogP contribution in [0.4, 0.5) is 8.78 Å². The molecular weight excluding hydrogens is 382 g/mol. The Labute approximate surface area is 168 Å². The molecular formula is C21H24F2N2O4. The Morgan fingerprint density at radius 2 is 1.69 bits per heavy atom. The summed E-state index contributed by atoms with van der Waals surface area (Å²) in [6, 6.07) is 12.7. The molecule has 0 spiro atoms. The van der Waals surface area contributed by atoms with Gasteiger partial charge in [-0.1, -0.05) is 38.1 Å². The van der Waals surface area contributed by atoms with E-state index in [9.17, 15) is 18.4 Å². The Hall–Kier alpha value is -3.16. The number of carbonyl (C=O) groups is 2. The van der Waals surface area contributed by atoms with Crippen molar-refractivity contribution in [2.24, 2.45) is 5.92 Å². The van der Waals surface area contributed by atoms with Gasteiger partial charge in [0, 0.05) is 0 Å². The summed E-state index contributed by atoms with van der Waals surface area (Å²) in [5, 5.41) is 5.31. The lowest BCUT2D eigenvalue weighted by Crippen LogP contribution is -2.40. The van der Waals surface area contributed by atoms with Gasteiger partial charge in [0.25, 0.3) is 5.91 Å². The fourth-order valence-electron chi connectivity index (χ4n) is 2.78. The predicted octanol–water partition coefficient (Wildman–Crippen LogP) is 3.54. The smallest absolute Gasteiger partial charge is 0.387 e. The summed E-state index contributed by atoms with van der Waals surface area (Å²) < 4.78 is 34.4. The summed E-state index contributed by atoms with van der Waals surface area (Å²) in [6.45, 7) is 0.571. The number of methoxy groups -OCH3 is 1. The maximum atomic E-state index is 12.5. The molecule has 0 heterocycles. The van der Waals surface area contributed by atoms with Crippen LogP contribution in [-0.4, -0.2) is 32.1 Å². The normalized spacial score (nSPS) is 11.8. The first-order chi connectivity index (χ1) is 13.8. The van der Waals surface area contributed by atoms with Gasteiger partial charge in [-0.15, -0.1) is 0 Å². The van der Waals surface area contributed by atoms with E-state index in [4.69, 9.17) is 4.74 Å². The molecule has 0 radical (unpaired) electrons. The van der Waals surface area contributed by atoms with E-state index in [1.165, 1.54) is 24.3 Å². The molecule has 29 heavy (non-hydrogen) atoms. The van der Waals surface area contributed by atoms with Gasteiger partial charge in [0.05, 0.1) is 25.3 Å². The number of para-hydroxylation sites is 1. The molecule has 1 unspecified atom stereocenters. The Morgan fingerprint density at radius 1 is 1.03 bits per heavy atom. The summed E-state index contributed by atoms with van der Waals surface area (Å²) in [5.41, 5.74) is 0.826. The lowest BCUT2D eigenvalue weighted by Gasteiger charge is -2.23. The van der Waals surface area contributed by atoms with Crippen molar-refractivity contribution < 1.29 is 27.8 Å². The minimum atomic E-state index is -3.05. The van der Waals surface area contributed by atoms with Gasteiger partial charge in [-0.05, 0) is 35.7 Å². The molecule has 0 aliphatic carbocycles. The third-order valence-electron chi connectivity index (χ3n) is 4.22. The number of carbonyl (C=O) groups excluding carboxylic acids is 2. The zero-order valence-electron chi connectivity index (χ0n) is 16.4. The standard InChI is InChI=1S/C21H24F2N2O4/c1-13(2)19(14-8-10-15(28-3)11-9-14)25-18(26)12-24-20(27)16-6-4-5-7-17(16)29-21(22)23/h4-11,13,19,21H,12H2,1-3H3,(H,24,27)(H,25,26). The number of amides is 2. The summed E-state index contributed by atoms with van der Waals surface area (Å²) in [4.78, 5) is 24.6. The Kier molecular flexibility index (Phi) is 7.94. The highest BCUT2D eigenvalue weighted by atomic mass is 19.3. The van der Waals surface area contributed by atoms with E-state index in [-0.39, 0.29) is 29.8 Å². The number of hydrogen-bond donors (Lipinski definition) is 2. The molecule has 0 aliphatic rings. The quantitative estimate of drug-likeness (QED) is 0.668. The average molecular weight is 406 g/mol. The zero-order chi connectivity index (χ0) is 21.4. The van der Waals surface area contributed by atoms with Gasteiger partial charge in [0.15, 0.2) is 0 Å². The van der Waals surface area contributed by atoms with Crippen LogP contribution in [0.25, 0.3) is 0 Å². The van der Waals surface area contributed by atoms with Crippen molar-refractivity contribution in [1.82, 2.24) is 10.6 Å². The highest BCUT2D eigenvalue weighted by Crippen LogP contribution is 2.24. The zero-order valence-corrected chi connectivity index (χ0v) is 16.4. The second kappa shape index (κ2) is 10.4. The number of benzene rings is 2. The van der Waals surface area contributed by atoms with Crippen LogP contribution in [-0.2, 0) is 4.79 Å². The van der Waals surface area contributed by atoms with E-state index in [1.807, 2.05) is 26.0 Å². The molecule has 0 saturated heterocycles. The van der Waals surface area contributed by atoms with Crippen LogP contribution in [0.15, 0.2) is 48.5 Å². The van der Waals surface area contributed by atoms with Crippen LogP contribution in [0.5, 0.6) is 11.5 Å².